The Morgan fingerprint density at radius 2 is 1.88 bits per heavy atom. The second-order valence-electron chi connectivity index (χ2n) is 6.26. The van der Waals surface area contributed by atoms with Crippen LogP contribution < -0.4 is 9.80 Å². The molecule has 7 nitrogen and oxygen atoms in total. The molecule has 1 fully saturated rings. The molecule has 0 amide bonds. The Morgan fingerprint density at radius 1 is 1.24 bits per heavy atom. The number of hydrogen-bond donors (Lipinski definition) is 0. The van der Waals surface area contributed by atoms with Crippen molar-refractivity contribution in [1.29, 1.82) is 0 Å². The number of aryl methyl sites for hydroxylation is 3. The minimum Gasteiger partial charge on any atom is -0.368 e. The van der Waals surface area contributed by atoms with Crippen molar-refractivity contribution in [1.82, 2.24) is 9.78 Å². The van der Waals surface area contributed by atoms with E-state index < -0.39 is 0 Å². The Kier molecular flexibility index (Phi) is 4.85. The third-order valence-corrected chi connectivity index (χ3v) is 4.91. The number of rotatable bonds is 4. The molecular weight excluding hydrogens is 342 g/mol. The van der Waals surface area contributed by atoms with Crippen LogP contribution in [0.15, 0.2) is 18.2 Å². The van der Waals surface area contributed by atoms with Gasteiger partial charge in [0.1, 0.15) is 5.69 Å². The van der Waals surface area contributed by atoms with Crippen LogP contribution in [0.25, 0.3) is 0 Å². The van der Waals surface area contributed by atoms with Crippen molar-refractivity contribution in [2.75, 3.05) is 36.0 Å². The molecule has 2 heterocycles. The third kappa shape index (κ3) is 3.28. The fourth-order valence-electron chi connectivity index (χ4n) is 3.42. The SMILES string of the molecule is CCc1nn(C)c(N2CCN(c3cc(Cl)ccc3C)CC2)c1[N+](=O)[O-]. The van der Waals surface area contributed by atoms with Crippen LogP contribution >= 0.6 is 11.6 Å². The first-order valence-corrected chi connectivity index (χ1v) is 8.76. The van der Waals surface area contributed by atoms with Gasteiger partial charge in [-0.1, -0.05) is 24.6 Å². The summed E-state index contributed by atoms with van der Waals surface area (Å²) in [7, 11) is 1.77. The van der Waals surface area contributed by atoms with Gasteiger partial charge in [0.15, 0.2) is 0 Å². The predicted molar refractivity (Wildman–Crippen MR) is 99.9 cm³/mol. The number of anilines is 2. The zero-order valence-electron chi connectivity index (χ0n) is 14.7. The number of hydrogen-bond acceptors (Lipinski definition) is 5. The van der Waals surface area contributed by atoms with E-state index in [4.69, 9.17) is 11.6 Å². The van der Waals surface area contributed by atoms with Gasteiger partial charge in [-0.05, 0) is 31.0 Å². The van der Waals surface area contributed by atoms with Gasteiger partial charge in [0, 0.05) is 43.9 Å². The third-order valence-electron chi connectivity index (χ3n) is 4.67. The van der Waals surface area contributed by atoms with E-state index in [1.165, 1.54) is 5.56 Å². The summed E-state index contributed by atoms with van der Waals surface area (Å²) >= 11 is 6.13. The van der Waals surface area contributed by atoms with E-state index in [-0.39, 0.29) is 10.6 Å². The molecule has 0 saturated carbocycles. The number of halogens is 1. The van der Waals surface area contributed by atoms with Crippen LogP contribution in [0.4, 0.5) is 17.2 Å². The van der Waals surface area contributed by atoms with E-state index in [2.05, 4.69) is 21.8 Å². The van der Waals surface area contributed by atoms with Crippen molar-refractivity contribution in [2.45, 2.75) is 20.3 Å². The van der Waals surface area contributed by atoms with Gasteiger partial charge in [0.25, 0.3) is 0 Å². The van der Waals surface area contributed by atoms with Crippen molar-refractivity contribution in [3.63, 3.8) is 0 Å². The number of piperazine rings is 1. The summed E-state index contributed by atoms with van der Waals surface area (Å²) < 4.78 is 1.64. The summed E-state index contributed by atoms with van der Waals surface area (Å²) in [6, 6.07) is 5.89. The van der Waals surface area contributed by atoms with Crippen LogP contribution in [0.1, 0.15) is 18.2 Å². The maximum absolute atomic E-state index is 11.5. The van der Waals surface area contributed by atoms with Gasteiger partial charge in [-0.2, -0.15) is 5.10 Å². The van der Waals surface area contributed by atoms with E-state index in [0.29, 0.717) is 31.0 Å². The number of nitrogens with zero attached hydrogens (tertiary/aromatic N) is 5. The van der Waals surface area contributed by atoms with Gasteiger partial charge in [-0.15, -0.1) is 0 Å². The Morgan fingerprint density at radius 3 is 2.48 bits per heavy atom. The molecule has 0 atom stereocenters. The molecule has 25 heavy (non-hydrogen) atoms. The molecule has 1 aliphatic heterocycles. The van der Waals surface area contributed by atoms with Crippen LogP contribution in [0, 0.1) is 17.0 Å². The molecule has 1 aromatic heterocycles. The van der Waals surface area contributed by atoms with E-state index in [9.17, 15) is 10.1 Å². The first-order chi connectivity index (χ1) is 11.9. The van der Waals surface area contributed by atoms with Crippen molar-refractivity contribution >= 4 is 28.8 Å². The van der Waals surface area contributed by atoms with Crippen molar-refractivity contribution in [2.24, 2.45) is 7.05 Å². The lowest BCUT2D eigenvalue weighted by Gasteiger charge is -2.37. The van der Waals surface area contributed by atoms with E-state index >= 15 is 0 Å². The van der Waals surface area contributed by atoms with Crippen molar-refractivity contribution in [3.05, 3.63) is 44.6 Å². The predicted octanol–water partition coefficient (Wildman–Crippen LogP) is 3.18. The minimum atomic E-state index is -0.311. The monoisotopic (exact) mass is 363 g/mol. The summed E-state index contributed by atoms with van der Waals surface area (Å²) in [6.07, 6.45) is 0.547. The van der Waals surface area contributed by atoms with Crippen LogP contribution in [0.2, 0.25) is 5.02 Å². The van der Waals surface area contributed by atoms with Gasteiger partial charge >= 0.3 is 5.69 Å². The molecule has 0 bridgehead atoms. The Bertz CT molecular complexity index is 797. The minimum absolute atomic E-state index is 0.136. The summed E-state index contributed by atoms with van der Waals surface area (Å²) in [4.78, 5) is 15.5. The molecule has 2 aromatic rings. The Hall–Kier alpha value is -2.28. The quantitative estimate of drug-likeness (QED) is 0.616. The molecule has 1 saturated heterocycles. The summed E-state index contributed by atoms with van der Waals surface area (Å²) in [5.41, 5.74) is 2.98. The first-order valence-electron chi connectivity index (χ1n) is 8.38. The van der Waals surface area contributed by atoms with Gasteiger partial charge in [-0.3, -0.25) is 10.1 Å². The van der Waals surface area contributed by atoms with E-state index in [1.54, 1.807) is 11.7 Å². The lowest BCUT2D eigenvalue weighted by molar-refractivity contribution is -0.384. The molecule has 1 aromatic carbocycles. The van der Waals surface area contributed by atoms with Crippen LogP contribution in [-0.4, -0.2) is 40.9 Å². The normalized spacial score (nSPS) is 14.9. The van der Waals surface area contributed by atoms with Gasteiger partial charge in [0.05, 0.1) is 4.92 Å². The molecule has 0 aliphatic carbocycles. The molecule has 0 radical (unpaired) electrons. The highest BCUT2D eigenvalue weighted by Crippen LogP contribution is 2.33. The molecule has 8 heteroatoms. The summed E-state index contributed by atoms with van der Waals surface area (Å²) in [5.74, 6) is 0.601. The van der Waals surface area contributed by atoms with Crippen LogP contribution in [0.5, 0.6) is 0 Å². The van der Waals surface area contributed by atoms with Gasteiger partial charge in [0.2, 0.25) is 5.82 Å². The maximum Gasteiger partial charge on any atom is 0.334 e. The fraction of sp³-hybridized carbons (Fsp3) is 0.471. The lowest BCUT2D eigenvalue weighted by atomic mass is 10.1. The Labute approximate surface area is 151 Å². The molecule has 134 valence electrons. The highest BCUT2D eigenvalue weighted by Gasteiger charge is 2.31. The van der Waals surface area contributed by atoms with Gasteiger partial charge < -0.3 is 9.80 Å². The van der Waals surface area contributed by atoms with E-state index in [1.807, 2.05) is 25.1 Å². The maximum atomic E-state index is 11.5. The summed E-state index contributed by atoms with van der Waals surface area (Å²) in [6.45, 7) is 6.93. The highest BCUT2D eigenvalue weighted by molar-refractivity contribution is 6.30. The Balaban J connectivity index is 1.82. The lowest BCUT2D eigenvalue weighted by Crippen LogP contribution is -2.47. The fourth-order valence-corrected chi connectivity index (χ4v) is 3.59. The highest BCUT2D eigenvalue weighted by atomic mass is 35.5. The second kappa shape index (κ2) is 6.92. The topological polar surface area (TPSA) is 67.4 Å². The molecular formula is C17H22ClN5O2. The number of benzene rings is 1. The standard InChI is InChI=1S/C17H22ClN5O2/c1-4-14-16(23(24)25)17(20(3)19-14)22-9-7-21(8-10-22)15-11-13(18)6-5-12(15)2/h5-6,11H,4,7-10H2,1-3H3. The molecule has 0 spiro atoms. The van der Waals surface area contributed by atoms with E-state index in [0.717, 1.165) is 23.8 Å². The van der Waals surface area contributed by atoms with Crippen LogP contribution in [-0.2, 0) is 13.5 Å². The summed E-state index contributed by atoms with van der Waals surface area (Å²) in [5, 5.41) is 16.6. The van der Waals surface area contributed by atoms with Gasteiger partial charge in [-0.25, -0.2) is 4.68 Å². The van der Waals surface area contributed by atoms with Crippen LogP contribution in [0.3, 0.4) is 0 Å². The molecule has 0 N–H and O–H groups in total. The zero-order chi connectivity index (χ0) is 18.1. The largest absolute Gasteiger partial charge is 0.368 e. The smallest absolute Gasteiger partial charge is 0.334 e. The number of aromatic nitrogens is 2. The zero-order valence-corrected chi connectivity index (χ0v) is 15.5. The first kappa shape index (κ1) is 17.5. The average molecular weight is 364 g/mol. The molecule has 1 aliphatic rings. The second-order valence-corrected chi connectivity index (χ2v) is 6.69. The molecule has 3 rings (SSSR count). The number of nitro groups is 1. The van der Waals surface area contributed by atoms with Crippen molar-refractivity contribution < 1.29 is 4.92 Å². The average Bonchev–Trinajstić information content (AvgIpc) is 2.94. The van der Waals surface area contributed by atoms with Crippen molar-refractivity contribution in [3.8, 4) is 0 Å². The molecule has 0 unspecified atom stereocenters.